The molecule has 1 unspecified atom stereocenters. The number of aliphatic hydroxyl groups excluding tert-OH is 2. The van der Waals surface area contributed by atoms with Gasteiger partial charge < -0.3 is 10.2 Å². The quantitative estimate of drug-likeness (QED) is 0.879. The van der Waals surface area contributed by atoms with Gasteiger partial charge in [-0.15, -0.1) is 11.3 Å². The van der Waals surface area contributed by atoms with Gasteiger partial charge in [0.25, 0.3) is 0 Å². The number of benzene rings is 1. The van der Waals surface area contributed by atoms with Crippen LogP contribution in [0.1, 0.15) is 37.3 Å². The monoisotopic (exact) mass is 292 g/mol. The Balaban J connectivity index is 0.000000444. The Labute approximate surface area is 125 Å². The predicted molar refractivity (Wildman–Crippen MR) is 87.0 cm³/mol. The Morgan fingerprint density at radius 2 is 1.65 bits per heavy atom. The maximum Gasteiger partial charge on any atom is 0.103 e. The molecule has 0 aliphatic heterocycles. The van der Waals surface area contributed by atoms with E-state index in [4.69, 9.17) is 5.11 Å². The molecule has 2 nitrogen and oxygen atoms in total. The SMILES string of the molecule is CC(C)C.Cc1ccc(-c2ccccc2C(O)CO)s1. The molecule has 3 heteroatoms. The second kappa shape index (κ2) is 8.20. The molecule has 2 rings (SSSR count). The largest absolute Gasteiger partial charge is 0.393 e. The van der Waals surface area contributed by atoms with Gasteiger partial charge in [-0.25, -0.2) is 0 Å². The van der Waals surface area contributed by atoms with Crippen LogP contribution in [0.2, 0.25) is 0 Å². The molecule has 110 valence electrons. The number of hydrogen-bond acceptors (Lipinski definition) is 3. The van der Waals surface area contributed by atoms with Crippen molar-refractivity contribution in [1.29, 1.82) is 0 Å². The van der Waals surface area contributed by atoms with Crippen molar-refractivity contribution in [3.63, 3.8) is 0 Å². The van der Waals surface area contributed by atoms with Crippen molar-refractivity contribution in [3.05, 3.63) is 46.8 Å². The molecule has 0 aliphatic rings. The first-order valence-electron chi connectivity index (χ1n) is 6.90. The summed E-state index contributed by atoms with van der Waals surface area (Å²) in [5.41, 5.74) is 1.79. The Bertz CT molecular complexity index is 514. The van der Waals surface area contributed by atoms with Crippen molar-refractivity contribution in [2.75, 3.05) is 6.61 Å². The van der Waals surface area contributed by atoms with Gasteiger partial charge in [0.1, 0.15) is 6.10 Å². The fourth-order valence-electron chi connectivity index (χ4n) is 1.69. The number of rotatable bonds is 3. The van der Waals surface area contributed by atoms with E-state index in [1.165, 1.54) is 4.88 Å². The van der Waals surface area contributed by atoms with E-state index in [2.05, 4.69) is 33.8 Å². The molecule has 1 aromatic heterocycles. The Morgan fingerprint density at radius 3 is 2.15 bits per heavy atom. The van der Waals surface area contributed by atoms with E-state index in [0.29, 0.717) is 0 Å². The Hall–Kier alpha value is -1.16. The number of aliphatic hydroxyl groups is 2. The lowest BCUT2D eigenvalue weighted by atomic mass is 10.0. The highest BCUT2D eigenvalue weighted by atomic mass is 32.1. The van der Waals surface area contributed by atoms with Gasteiger partial charge in [-0.05, 0) is 36.1 Å². The molecule has 20 heavy (non-hydrogen) atoms. The van der Waals surface area contributed by atoms with Crippen molar-refractivity contribution in [2.24, 2.45) is 5.92 Å². The molecule has 0 amide bonds. The summed E-state index contributed by atoms with van der Waals surface area (Å²) in [6, 6.07) is 11.7. The zero-order chi connectivity index (χ0) is 15.1. The molecule has 1 atom stereocenters. The van der Waals surface area contributed by atoms with Gasteiger partial charge in [0.05, 0.1) is 6.61 Å². The maximum atomic E-state index is 9.73. The second-order valence-electron chi connectivity index (χ2n) is 5.43. The summed E-state index contributed by atoms with van der Waals surface area (Å²) in [5, 5.41) is 18.8. The summed E-state index contributed by atoms with van der Waals surface area (Å²) in [6.45, 7) is 8.31. The maximum absolute atomic E-state index is 9.73. The smallest absolute Gasteiger partial charge is 0.103 e. The first-order valence-corrected chi connectivity index (χ1v) is 7.72. The standard InChI is InChI=1S/C13H14O2S.C4H10/c1-9-6-7-13(16-9)11-5-3-2-4-10(11)12(15)8-14;1-4(2)3/h2-7,12,14-15H,8H2,1H3;4H,1-3H3. The molecule has 2 N–H and O–H groups in total. The second-order valence-corrected chi connectivity index (χ2v) is 6.72. The average molecular weight is 292 g/mol. The van der Waals surface area contributed by atoms with Gasteiger partial charge in [0.2, 0.25) is 0 Å². The lowest BCUT2D eigenvalue weighted by Gasteiger charge is -2.12. The van der Waals surface area contributed by atoms with Crippen molar-refractivity contribution in [3.8, 4) is 10.4 Å². The Morgan fingerprint density at radius 1 is 1.05 bits per heavy atom. The van der Waals surface area contributed by atoms with Crippen molar-refractivity contribution < 1.29 is 10.2 Å². The summed E-state index contributed by atoms with van der Waals surface area (Å²) in [4.78, 5) is 2.36. The third kappa shape index (κ3) is 5.08. The molecular formula is C17H24O2S. The van der Waals surface area contributed by atoms with Crippen molar-refractivity contribution >= 4 is 11.3 Å². The first-order chi connectivity index (χ1) is 9.45. The lowest BCUT2D eigenvalue weighted by molar-refractivity contribution is 0.0960. The summed E-state index contributed by atoms with van der Waals surface area (Å²) >= 11 is 1.69. The molecule has 0 fully saturated rings. The highest BCUT2D eigenvalue weighted by Gasteiger charge is 2.12. The van der Waals surface area contributed by atoms with Gasteiger partial charge in [-0.1, -0.05) is 45.0 Å². The third-order valence-electron chi connectivity index (χ3n) is 2.50. The minimum Gasteiger partial charge on any atom is -0.393 e. The van der Waals surface area contributed by atoms with E-state index in [1.54, 1.807) is 11.3 Å². The average Bonchev–Trinajstić information content (AvgIpc) is 2.84. The van der Waals surface area contributed by atoms with Gasteiger partial charge in [0.15, 0.2) is 0 Å². The fraction of sp³-hybridized carbons (Fsp3) is 0.412. The molecule has 0 saturated carbocycles. The van der Waals surface area contributed by atoms with Crippen LogP contribution in [0.5, 0.6) is 0 Å². The predicted octanol–water partition coefficient (Wildman–Crippen LogP) is 4.41. The van der Waals surface area contributed by atoms with E-state index in [9.17, 15) is 5.11 Å². The van der Waals surface area contributed by atoms with Crippen molar-refractivity contribution in [2.45, 2.75) is 33.8 Å². The van der Waals surface area contributed by atoms with E-state index in [1.807, 2.05) is 30.3 Å². The van der Waals surface area contributed by atoms with Crippen LogP contribution in [-0.4, -0.2) is 16.8 Å². The van der Waals surface area contributed by atoms with Crippen LogP contribution in [0.15, 0.2) is 36.4 Å². The summed E-state index contributed by atoms with van der Waals surface area (Å²) < 4.78 is 0. The minimum atomic E-state index is -0.807. The molecule has 0 bridgehead atoms. The van der Waals surface area contributed by atoms with Crippen LogP contribution in [0.4, 0.5) is 0 Å². The first kappa shape index (κ1) is 16.9. The van der Waals surface area contributed by atoms with E-state index >= 15 is 0 Å². The molecule has 1 heterocycles. The number of thiophene rings is 1. The van der Waals surface area contributed by atoms with E-state index in [0.717, 1.165) is 21.9 Å². The molecule has 1 aromatic carbocycles. The normalized spacial score (nSPS) is 11.9. The van der Waals surface area contributed by atoms with Gasteiger partial charge in [-0.3, -0.25) is 0 Å². The van der Waals surface area contributed by atoms with E-state index in [-0.39, 0.29) is 6.61 Å². The topological polar surface area (TPSA) is 40.5 Å². The summed E-state index contributed by atoms with van der Waals surface area (Å²) in [5.74, 6) is 0.833. The molecule has 0 spiro atoms. The summed E-state index contributed by atoms with van der Waals surface area (Å²) in [6.07, 6.45) is -0.807. The van der Waals surface area contributed by atoms with Gasteiger partial charge in [0, 0.05) is 9.75 Å². The third-order valence-corrected chi connectivity index (χ3v) is 3.53. The van der Waals surface area contributed by atoms with Crippen LogP contribution in [0.3, 0.4) is 0 Å². The lowest BCUT2D eigenvalue weighted by Crippen LogP contribution is -2.03. The zero-order valence-corrected chi connectivity index (χ0v) is 13.4. The highest BCUT2D eigenvalue weighted by Crippen LogP contribution is 2.32. The zero-order valence-electron chi connectivity index (χ0n) is 12.6. The van der Waals surface area contributed by atoms with E-state index < -0.39 is 6.10 Å². The van der Waals surface area contributed by atoms with Crippen LogP contribution in [0.25, 0.3) is 10.4 Å². The van der Waals surface area contributed by atoms with Crippen molar-refractivity contribution in [1.82, 2.24) is 0 Å². The highest BCUT2D eigenvalue weighted by molar-refractivity contribution is 7.15. The fourth-order valence-corrected chi connectivity index (χ4v) is 2.60. The van der Waals surface area contributed by atoms with Gasteiger partial charge in [-0.2, -0.15) is 0 Å². The van der Waals surface area contributed by atoms with Gasteiger partial charge >= 0.3 is 0 Å². The molecule has 0 saturated heterocycles. The van der Waals surface area contributed by atoms with Crippen LogP contribution in [0, 0.1) is 12.8 Å². The molecule has 0 radical (unpaired) electrons. The number of hydrogen-bond donors (Lipinski definition) is 2. The van der Waals surface area contributed by atoms with Crippen LogP contribution in [-0.2, 0) is 0 Å². The van der Waals surface area contributed by atoms with Crippen LogP contribution < -0.4 is 0 Å². The minimum absolute atomic E-state index is 0.249. The van der Waals surface area contributed by atoms with Crippen LogP contribution >= 0.6 is 11.3 Å². The molecular weight excluding hydrogens is 268 g/mol. The Kier molecular flexibility index (Phi) is 6.93. The molecule has 2 aromatic rings. The summed E-state index contributed by atoms with van der Waals surface area (Å²) in [7, 11) is 0. The molecule has 0 aliphatic carbocycles. The number of aryl methyl sites for hydroxylation is 1.